The SMILES string of the molecule is [C-]#[N+]/C(C#N)=C(/CCCCC)c1ccc(-c2ccc(-c3ccc(-c4ccc(/C(CCCCCCCCCC[Si](C)(C)O[Si](C)(C)CCC[Si])=C(\C#N)[N+]#[C-])s4)s3)s2)s1. The van der Waals surface area contributed by atoms with Crippen LogP contribution < -0.4 is 0 Å². The van der Waals surface area contributed by atoms with E-state index in [0.717, 1.165) is 81.6 Å². The highest BCUT2D eigenvalue weighted by Gasteiger charge is 2.32. The third kappa shape index (κ3) is 14.5. The van der Waals surface area contributed by atoms with E-state index in [9.17, 15) is 10.5 Å². The zero-order chi connectivity index (χ0) is 42.0. The molecule has 4 aromatic rings. The van der Waals surface area contributed by atoms with Gasteiger partial charge in [0, 0.05) is 49.3 Å². The number of rotatable bonds is 25. The number of thiophene rings is 4. The molecule has 0 N–H and O–H groups in total. The summed E-state index contributed by atoms with van der Waals surface area (Å²) < 4.78 is 6.77. The van der Waals surface area contributed by atoms with Crippen molar-refractivity contribution in [1.82, 2.24) is 0 Å². The van der Waals surface area contributed by atoms with Crippen LogP contribution in [-0.2, 0) is 4.12 Å². The van der Waals surface area contributed by atoms with Gasteiger partial charge in [0.05, 0.1) is 25.3 Å². The van der Waals surface area contributed by atoms with Crippen LogP contribution in [-0.4, -0.2) is 26.9 Å². The van der Waals surface area contributed by atoms with Gasteiger partial charge in [-0.15, -0.1) is 45.3 Å². The van der Waals surface area contributed by atoms with Gasteiger partial charge in [-0.1, -0.05) is 90.0 Å². The molecule has 0 saturated heterocycles. The number of unbranched alkanes of at least 4 members (excludes halogenated alkanes) is 9. The van der Waals surface area contributed by atoms with Crippen molar-refractivity contribution in [1.29, 1.82) is 10.5 Å². The Kier molecular flexibility index (Phi) is 19.8. The van der Waals surface area contributed by atoms with Crippen molar-refractivity contribution < 1.29 is 4.12 Å². The quantitative estimate of drug-likeness (QED) is 0.0288. The number of hydrogen-bond donors (Lipinski definition) is 0. The molecule has 58 heavy (non-hydrogen) atoms. The lowest BCUT2D eigenvalue weighted by molar-refractivity contribution is 0.524. The molecule has 3 radical (unpaired) electrons. The predicted molar refractivity (Wildman–Crippen MR) is 259 cm³/mol. The van der Waals surface area contributed by atoms with E-state index in [1.54, 1.807) is 45.3 Å². The second-order valence-electron chi connectivity index (χ2n) is 16.0. The first kappa shape index (κ1) is 47.5. The maximum absolute atomic E-state index is 9.85. The van der Waals surface area contributed by atoms with E-state index in [1.165, 1.54) is 76.5 Å². The average molecular weight is 895 g/mol. The minimum absolute atomic E-state index is 0.205. The molecule has 0 aliphatic rings. The fraction of sp³-hybridized carbons (Fsp3) is 0.478. The number of hydrogen-bond acceptors (Lipinski definition) is 7. The summed E-state index contributed by atoms with van der Waals surface area (Å²) in [7, 11) is 0.469. The highest BCUT2D eigenvalue weighted by Crippen LogP contribution is 2.45. The number of allylic oxidation sites excluding steroid dienone is 4. The standard InChI is InChI=1S/C46H57N4OS4Si3/c1-8-9-16-20-35(37(33-47)49-2)39-22-24-41(52-39)43-26-28-45(54-43)46-29-27-44(55-46)42-25-23-40(53-42)36(38(34-48)50-3)21-17-14-12-10-11-13-15-18-31-57(4,5)51-58(6,7)32-19-30-56/h22-29H,8-21,30-32H2,1,4-7H3/b37-35-,38-36+. The molecule has 303 valence electrons. The average Bonchev–Trinajstić information content (AvgIpc) is 4.04. The van der Waals surface area contributed by atoms with Crippen LogP contribution in [0.4, 0.5) is 0 Å². The van der Waals surface area contributed by atoms with Gasteiger partial charge in [0.2, 0.25) is 0 Å². The molecule has 4 heterocycles. The first-order valence-corrected chi connectivity index (χ1v) is 31.0. The molecule has 0 aromatic carbocycles. The Hall–Kier alpha value is -3.15. The minimum atomic E-state index is -1.59. The summed E-state index contributed by atoms with van der Waals surface area (Å²) in [5.74, 6) is 0. The predicted octanol–water partition coefficient (Wildman–Crippen LogP) is 16.7. The van der Waals surface area contributed by atoms with Gasteiger partial charge < -0.3 is 4.12 Å². The van der Waals surface area contributed by atoms with E-state index in [4.69, 9.17) is 17.3 Å². The Morgan fingerprint density at radius 2 is 0.931 bits per heavy atom. The number of nitriles is 2. The van der Waals surface area contributed by atoms with E-state index < -0.39 is 16.6 Å². The van der Waals surface area contributed by atoms with Crippen LogP contribution in [0.3, 0.4) is 0 Å². The normalized spacial score (nSPS) is 12.7. The van der Waals surface area contributed by atoms with Crippen LogP contribution >= 0.6 is 45.3 Å². The molecule has 0 aliphatic heterocycles. The molecule has 0 unspecified atom stereocenters. The molecule has 0 saturated carbocycles. The van der Waals surface area contributed by atoms with Crippen LogP contribution in [0.1, 0.15) is 107 Å². The lowest BCUT2D eigenvalue weighted by atomic mass is 10.0. The van der Waals surface area contributed by atoms with E-state index in [0.29, 0.717) is 0 Å². The molecule has 0 amide bonds. The monoisotopic (exact) mass is 893 g/mol. The molecule has 0 bridgehead atoms. The Bertz CT molecular complexity index is 2130. The van der Waals surface area contributed by atoms with Crippen LogP contribution in [0.15, 0.2) is 59.9 Å². The molecular formula is C46H57N4OS4Si3. The zero-order valence-corrected chi connectivity index (χ0v) is 41.2. The van der Waals surface area contributed by atoms with E-state index in [-0.39, 0.29) is 11.4 Å². The lowest BCUT2D eigenvalue weighted by Gasteiger charge is -2.34. The van der Waals surface area contributed by atoms with Crippen LogP contribution in [0.2, 0.25) is 44.3 Å². The highest BCUT2D eigenvalue weighted by atomic mass is 32.1. The Labute approximate surface area is 370 Å². The zero-order valence-electron chi connectivity index (χ0n) is 35.0. The molecule has 4 rings (SSSR count). The summed E-state index contributed by atoms with van der Waals surface area (Å²) in [4.78, 5) is 16.3. The topological polar surface area (TPSA) is 65.5 Å². The Morgan fingerprint density at radius 3 is 1.33 bits per heavy atom. The van der Waals surface area contributed by atoms with Gasteiger partial charge in [-0.25, -0.2) is 20.2 Å². The summed E-state index contributed by atoms with van der Waals surface area (Å²) in [6.45, 7) is 27.0. The Morgan fingerprint density at radius 1 is 0.569 bits per heavy atom. The maximum Gasteiger partial charge on any atom is 0.266 e. The summed E-state index contributed by atoms with van der Waals surface area (Å²) in [5, 5.41) is 19.5. The van der Waals surface area contributed by atoms with Crippen molar-refractivity contribution in [3.8, 4) is 41.4 Å². The molecule has 0 aliphatic carbocycles. The second kappa shape index (κ2) is 24.2. The Balaban J connectivity index is 1.29. The summed E-state index contributed by atoms with van der Waals surface area (Å²) in [5.41, 5.74) is 2.18. The van der Waals surface area contributed by atoms with Crippen LogP contribution in [0.25, 0.3) is 50.1 Å². The molecule has 5 nitrogen and oxygen atoms in total. The fourth-order valence-corrected chi connectivity index (χ4v) is 21.2. The van der Waals surface area contributed by atoms with E-state index in [2.05, 4.69) is 114 Å². The van der Waals surface area contributed by atoms with Gasteiger partial charge in [0.1, 0.15) is 0 Å². The van der Waals surface area contributed by atoms with Gasteiger partial charge in [0.15, 0.2) is 16.6 Å². The van der Waals surface area contributed by atoms with Crippen LogP contribution in [0, 0.1) is 35.8 Å². The van der Waals surface area contributed by atoms with Crippen molar-refractivity contribution >= 4 is 83.4 Å². The van der Waals surface area contributed by atoms with Gasteiger partial charge in [0.25, 0.3) is 11.4 Å². The first-order chi connectivity index (χ1) is 28.0. The molecule has 4 aromatic heterocycles. The van der Waals surface area contributed by atoms with E-state index >= 15 is 0 Å². The van der Waals surface area contributed by atoms with E-state index in [1.807, 2.05) is 0 Å². The molecule has 0 atom stereocenters. The van der Waals surface area contributed by atoms with Crippen molar-refractivity contribution in [2.45, 2.75) is 141 Å². The summed E-state index contributed by atoms with van der Waals surface area (Å²) >= 11 is 6.86. The van der Waals surface area contributed by atoms with Gasteiger partial charge >= 0.3 is 0 Å². The third-order valence-electron chi connectivity index (χ3n) is 10.2. The van der Waals surface area contributed by atoms with Crippen molar-refractivity contribution in [2.24, 2.45) is 0 Å². The third-order valence-corrected chi connectivity index (χ3v) is 23.2. The fourth-order valence-electron chi connectivity index (χ4n) is 7.34. The smallest absolute Gasteiger partial charge is 0.266 e. The van der Waals surface area contributed by atoms with Crippen molar-refractivity contribution in [3.05, 3.63) is 92.5 Å². The van der Waals surface area contributed by atoms with Gasteiger partial charge in [-0.2, -0.15) is 0 Å². The maximum atomic E-state index is 9.85. The lowest BCUT2D eigenvalue weighted by Crippen LogP contribution is -2.44. The molecular weight excluding hydrogens is 837 g/mol. The summed E-state index contributed by atoms with van der Waals surface area (Å²) in [6, 6.07) is 25.0. The van der Waals surface area contributed by atoms with Crippen molar-refractivity contribution in [3.63, 3.8) is 0 Å². The second-order valence-corrected chi connectivity index (χ2v) is 29.7. The van der Waals surface area contributed by atoms with Crippen molar-refractivity contribution in [2.75, 3.05) is 0 Å². The molecule has 0 spiro atoms. The molecule has 0 fully saturated rings. The minimum Gasteiger partial charge on any atom is -0.455 e. The largest absolute Gasteiger partial charge is 0.455 e. The number of nitrogens with zero attached hydrogens (tertiary/aromatic N) is 4. The van der Waals surface area contributed by atoms with Gasteiger partial charge in [-0.05, 0) is 111 Å². The first-order valence-electron chi connectivity index (χ1n) is 20.8. The van der Waals surface area contributed by atoms with Gasteiger partial charge in [-0.3, -0.25) is 0 Å². The van der Waals surface area contributed by atoms with Crippen LogP contribution in [0.5, 0.6) is 0 Å². The summed E-state index contributed by atoms with van der Waals surface area (Å²) in [6.07, 6.45) is 15.5. The highest BCUT2D eigenvalue weighted by molar-refractivity contribution is 7.28. The molecule has 12 heteroatoms.